The van der Waals surface area contributed by atoms with Crippen LogP contribution in [0, 0.1) is 5.92 Å². The van der Waals surface area contributed by atoms with Crippen LogP contribution >= 0.6 is 11.3 Å². The SMILES string of the molecule is c1cc(CNCC2CCCNC2)cs1. The van der Waals surface area contributed by atoms with E-state index in [1.54, 1.807) is 11.3 Å². The summed E-state index contributed by atoms with van der Waals surface area (Å²) in [7, 11) is 0. The molecule has 1 atom stereocenters. The maximum atomic E-state index is 3.52. The molecule has 0 spiro atoms. The molecule has 1 aromatic heterocycles. The highest BCUT2D eigenvalue weighted by Crippen LogP contribution is 2.09. The van der Waals surface area contributed by atoms with Crippen LogP contribution in [0.3, 0.4) is 0 Å². The molecule has 0 aromatic carbocycles. The minimum atomic E-state index is 0.836. The minimum Gasteiger partial charge on any atom is -0.316 e. The average Bonchev–Trinajstić information content (AvgIpc) is 2.72. The van der Waals surface area contributed by atoms with E-state index in [0.717, 1.165) is 19.0 Å². The summed E-state index contributed by atoms with van der Waals surface area (Å²) in [5, 5.41) is 11.3. The van der Waals surface area contributed by atoms with Crippen molar-refractivity contribution in [3.63, 3.8) is 0 Å². The molecule has 2 nitrogen and oxygen atoms in total. The average molecular weight is 210 g/mol. The predicted molar refractivity (Wildman–Crippen MR) is 61.6 cm³/mol. The molecule has 0 saturated carbocycles. The molecule has 2 rings (SSSR count). The molecule has 2 heterocycles. The summed E-state index contributed by atoms with van der Waals surface area (Å²) in [6.45, 7) is 4.58. The molecule has 1 aromatic rings. The van der Waals surface area contributed by atoms with E-state index in [0.29, 0.717) is 0 Å². The van der Waals surface area contributed by atoms with Gasteiger partial charge in [0.05, 0.1) is 0 Å². The molecular weight excluding hydrogens is 192 g/mol. The fourth-order valence-electron chi connectivity index (χ4n) is 1.91. The van der Waals surface area contributed by atoms with Gasteiger partial charge >= 0.3 is 0 Å². The van der Waals surface area contributed by atoms with E-state index >= 15 is 0 Å². The van der Waals surface area contributed by atoms with Crippen molar-refractivity contribution in [1.82, 2.24) is 10.6 Å². The highest BCUT2D eigenvalue weighted by molar-refractivity contribution is 7.07. The summed E-state index contributed by atoms with van der Waals surface area (Å²) < 4.78 is 0. The Hall–Kier alpha value is -0.380. The van der Waals surface area contributed by atoms with Crippen LogP contribution in [0.5, 0.6) is 0 Å². The van der Waals surface area contributed by atoms with Gasteiger partial charge in [0.25, 0.3) is 0 Å². The van der Waals surface area contributed by atoms with Crippen LogP contribution in [0.2, 0.25) is 0 Å². The van der Waals surface area contributed by atoms with Crippen molar-refractivity contribution in [1.29, 1.82) is 0 Å². The predicted octanol–water partition coefficient (Wildman–Crippen LogP) is 1.84. The number of thiophene rings is 1. The van der Waals surface area contributed by atoms with Gasteiger partial charge in [-0.15, -0.1) is 0 Å². The van der Waals surface area contributed by atoms with Gasteiger partial charge in [-0.25, -0.2) is 0 Å². The second kappa shape index (κ2) is 5.49. The smallest absolute Gasteiger partial charge is 0.0213 e. The first-order valence-corrected chi connectivity index (χ1v) is 6.32. The largest absolute Gasteiger partial charge is 0.316 e. The molecule has 0 radical (unpaired) electrons. The van der Waals surface area contributed by atoms with E-state index in [-0.39, 0.29) is 0 Å². The lowest BCUT2D eigenvalue weighted by Crippen LogP contribution is -2.35. The molecule has 1 fully saturated rings. The van der Waals surface area contributed by atoms with Crippen LogP contribution in [0.1, 0.15) is 18.4 Å². The highest BCUT2D eigenvalue weighted by Gasteiger charge is 2.11. The Kier molecular flexibility index (Phi) is 3.98. The molecule has 14 heavy (non-hydrogen) atoms. The van der Waals surface area contributed by atoms with Crippen LogP contribution in [-0.2, 0) is 6.54 Å². The first kappa shape index (κ1) is 10.1. The molecule has 3 heteroatoms. The van der Waals surface area contributed by atoms with Gasteiger partial charge in [0.2, 0.25) is 0 Å². The first-order chi connectivity index (χ1) is 6.95. The first-order valence-electron chi connectivity index (χ1n) is 5.37. The van der Waals surface area contributed by atoms with Crippen molar-refractivity contribution < 1.29 is 0 Å². The number of hydrogen-bond acceptors (Lipinski definition) is 3. The van der Waals surface area contributed by atoms with E-state index in [4.69, 9.17) is 0 Å². The second-order valence-corrected chi connectivity index (χ2v) is 4.75. The number of rotatable bonds is 4. The molecule has 78 valence electrons. The zero-order chi connectivity index (χ0) is 9.64. The van der Waals surface area contributed by atoms with E-state index in [1.165, 1.54) is 31.5 Å². The van der Waals surface area contributed by atoms with Crippen molar-refractivity contribution in [3.05, 3.63) is 22.4 Å². The summed E-state index contributed by atoms with van der Waals surface area (Å²) in [5.74, 6) is 0.836. The summed E-state index contributed by atoms with van der Waals surface area (Å²) >= 11 is 1.77. The fourth-order valence-corrected chi connectivity index (χ4v) is 2.58. The van der Waals surface area contributed by atoms with Crippen molar-refractivity contribution >= 4 is 11.3 Å². The maximum absolute atomic E-state index is 3.52. The molecule has 2 N–H and O–H groups in total. The summed E-state index contributed by atoms with van der Waals surface area (Å²) in [4.78, 5) is 0. The van der Waals surface area contributed by atoms with Crippen LogP contribution < -0.4 is 10.6 Å². The Balaban J connectivity index is 1.62. The van der Waals surface area contributed by atoms with Gasteiger partial charge in [-0.3, -0.25) is 0 Å². The second-order valence-electron chi connectivity index (χ2n) is 3.97. The van der Waals surface area contributed by atoms with Crippen LogP contribution in [0.15, 0.2) is 16.8 Å². The molecule has 1 aliphatic rings. The van der Waals surface area contributed by atoms with Crippen LogP contribution in [0.4, 0.5) is 0 Å². The third kappa shape index (κ3) is 3.08. The normalized spacial score (nSPS) is 22.4. The highest BCUT2D eigenvalue weighted by atomic mass is 32.1. The quantitative estimate of drug-likeness (QED) is 0.792. The topological polar surface area (TPSA) is 24.1 Å². The monoisotopic (exact) mass is 210 g/mol. The summed E-state index contributed by atoms with van der Waals surface area (Å²) in [5.41, 5.74) is 1.42. The summed E-state index contributed by atoms with van der Waals surface area (Å²) in [6.07, 6.45) is 2.72. The molecule has 0 amide bonds. The van der Waals surface area contributed by atoms with Gasteiger partial charge in [-0.05, 0) is 60.8 Å². The number of piperidine rings is 1. The Morgan fingerprint density at radius 1 is 1.57 bits per heavy atom. The van der Waals surface area contributed by atoms with Gasteiger partial charge in [-0.1, -0.05) is 0 Å². The molecule has 1 saturated heterocycles. The standard InChI is InChI=1S/C11H18N2S/c1-2-10(6-12-4-1)7-13-8-11-3-5-14-9-11/h3,5,9-10,12-13H,1-2,4,6-8H2. The van der Waals surface area contributed by atoms with Gasteiger partial charge in [0.1, 0.15) is 0 Å². The van der Waals surface area contributed by atoms with Gasteiger partial charge in [-0.2, -0.15) is 11.3 Å². The molecule has 0 aliphatic carbocycles. The number of hydrogen-bond donors (Lipinski definition) is 2. The third-order valence-electron chi connectivity index (χ3n) is 2.74. The lowest BCUT2D eigenvalue weighted by molar-refractivity contribution is 0.360. The lowest BCUT2D eigenvalue weighted by Gasteiger charge is -2.22. The Morgan fingerprint density at radius 2 is 2.57 bits per heavy atom. The van der Waals surface area contributed by atoms with Gasteiger partial charge in [0, 0.05) is 6.54 Å². The zero-order valence-corrected chi connectivity index (χ0v) is 9.28. The van der Waals surface area contributed by atoms with Crippen molar-refractivity contribution in [3.8, 4) is 0 Å². The van der Waals surface area contributed by atoms with E-state index in [2.05, 4.69) is 27.5 Å². The zero-order valence-electron chi connectivity index (χ0n) is 8.46. The van der Waals surface area contributed by atoms with E-state index in [9.17, 15) is 0 Å². The molecule has 1 aliphatic heterocycles. The minimum absolute atomic E-state index is 0.836. The molecule has 0 bridgehead atoms. The van der Waals surface area contributed by atoms with E-state index < -0.39 is 0 Å². The Bertz CT molecular complexity index is 240. The third-order valence-corrected chi connectivity index (χ3v) is 3.47. The lowest BCUT2D eigenvalue weighted by atomic mass is 10.00. The van der Waals surface area contributed by atoms with Gasteiger partial charge < -0.3 is 10.6 Å². The molecular formula is C11H18N2S. The van der Waals surface area contributed by atoms with Crippen LogP contribution in [0.25, 0.3) is 0 Å². The fraction of sp³-hybridized carbons (Fsp3) is 0.636. The van der Waals surface area contributed by atoms with Crippen LogP contribution in [-0.4, -0.2) is 19.6 Å². The number of nitrogens with one attached hydrogen (secondary N) is 2. The Labute approximate surface area is 89.7 Å². The van der Waals surface area contributed by atoms with E-state index in [1.807, 2.05) is 0 Å². The summed E-state index contributed by atoms with van der Waals surface area (Å²) in [6, 6.07) is 2.19. The van der Waals surface area contributed by atoms with Crippen molar-refractivity contribution in [2.45, 2.75) is 19.4 Å². The Morgan fingerprint density at radius 3 is 3.29 bits per heavy atom. The van der Waals surface area contributed by atoms with Gasteiger partial charge in [0.15, 0.2) is 0 Å². The van der Waals surface area contributed by atoms with Crippen molar-refractivity contribution in [2.75, 3.05) is 19.6 Å². The maximum Gasteiger partial charge on any atom is 0.0213 e. The van der Waals surface area contributed by atoms with Crippen molar-refractivity contribution in [2.24, 2.45) is 5.92 Å². The molecule has 1 unspecified atom stereocenters.